The highest BCUT2D eigenvalue weighted by atomic mass is 16.6. The quantitative estimate of drug-likeness (QED) is 0.629. The molecule has 0 aliphatic carbocycles. The number of fused-ring (bicyclic) bond motifs is 1. The number of carbonyl (C=O) groups is 1. The van der Waals surface area contributed by atoms with Crippen LogP contribution in [0, 0.1) is 5.92 Å². The SMILES string of the molecule is COc1cn(-c2cnn3ccc(C[C@@H]4CCN(C(=O)OC(C)(C)C)[C@@H](C)C4)cc23)c(=O)[nH]c1=O. The van der Waals surface area contributed by atoms with Gasteiger partial charge in [0.05, 0.1) is 30.7 Å². The van der Waals surface area contributed by atoms with E-state index in [-0.39, 0.29) is 17.9 Å². The van der Waals surface area contributed by atoms with Gasteiger partial charge < -0.3 is 14.4 Å². The van der Waals surface area contributed by atoms with Crippen LogP contribution in [0.5, 0.6) is 5.75 Å². The maximum absolute atomic E-state index is 12.5. The fraction of sp³-hybridized carbons (Fsp3) is 0.500. The Hall–Kier alpha value is -3.56. The number of nitrogens with zero attached hydrogens (tertiary/aromatic N) is 4. The number of aromatic nitrogens is 4. The van der Waals surface area contributed by atoms with Crippen molar-refractivity contribution in [3.8, 4) is 11.4 Å². The summed E-state index contributed by atoms with van der Waals surface area (Å²) in [5, 5.41) is 4.34. The fourth-order valence-corrected chi connectivity index (χ4v) is 4.48. The molecule has 0 spiro atoms. The lowest BCUT2D eigenvalue weighted by Crippen LogP contribution is -2.47. The number of nitrogens with one attached hydrogen (secondary N) is 1. The van der Waals surface area contributed by atoms with Gasteiger partial charge in [-0.3, -0.25) is 14.3 Å². The number of rotatable bonds is 4. The van der Waals surface area contributed by atoms with E-state index in [0.29, 0.717) is 18.2 Å². The Morgan fingerprint density at radius 2 is 2.06 bits per heavy atom. The summed E-state index contributed by atoms with van der Waals surface area (Å²) in [6, 6.07) is 4.12. The third-order valence-electron chi connectivity index (χ3n) is 6.09. The maximum Gasteiger partial charge on any atom is 0.410 e. The zero-order valence-corrected chi connectivity index (χ0v) is 20.2. The molecule has 0 saturated carbocycles. The number of aromatic amines is 1. The Kier molecular flexibility index (Phi) is 6.24. The van der Waals surface area contributed by atoms with Crippen LogP contribution in [0.3, 0.4) is 0 Å². The summed E-state index contributed by atoms with van der Waals surface area (Å²) >= 11 is 0. The number of hydrogen-bond donors (Lipinski definition) is 1. The minimum atomic E-state index is -0.576. The number of H-pyrrole nitrogens is 1. The predicted molar refractivity (Wildman–Crippen MR) is 127 cm³/mol. The lowest BCUT2D eigenvalue weighted by atomic mass is 9.87. The van der Waals surface area contributed by atoms with Gasteiger partial charge in [0.15, 0.2) is 0 Å². The molecule has 1 amide bonds. The smallest absolute Gasteiger partial charge is 0.410 e. The third-order valence-corrected chi connectivity index (χ3v) is 6.09. The van der Waals surface area contributed by atoms with Crippen LogP contribution in [-0.2, 0) is 11.2 Å². The summed E-state index contributed by atoms with van der Waals surface area (Å²) in [4.78, 5) is 40.9. The van der Waals surface area contributed by atoms with Gasteiger partial charge in [0.2, 0.25) is 5.75 Å². The van der Waals surface area contributed by atoms with Gasteiger partial charge in [-0.2, -0.15) is 5.10 Å². The molecule has 1 aliphatic heterocycles. The number of likely N-dealkylation sites (tertiary alicyclic amines) is 1. The Morgan fingerprint density at radius 1 is 1.29 bits per heavy atom. The van der Waals surface area contributed by atoms with E-state index in [1.807, 2.05) is 44.0 Å². The lowest BCUT2D eigenvalue weighted by molar-refractivity contribution is 0.00719. The van der Waals surface area contributed by atoms with Crippen LogP contribution >= 0.6 is 0 Å². The minimum Gasteiger partial charge on any atom is -0.490 e. The van der Waals surface area contributed by atoms with Crippen molar-refractivity contribution in [1.82, 2.24) is 24.1 Å². The first-order chi connectivity index (χ1) is 16.1. The molecule has 0 bridgehead atoms. The molecule has 1 aliphatic rings. The molecule has 2 atom stereocenters. The molecule has 1 saturated heterocycles. The summed E-state index contributed by atoms with van der Waals surface area (Å²) in [7, 11) is 1.38. The summed E-state index contributed by atoms with van der Waals surface area (Å²) in [6.45, 7) is 8.35. The summed E-state index contributed by atoms with van der Waals surface area (Å²) in [5.74, 6) is 0.458. The van der Waals surface area contributed by atoms with Crippen molar-refractivity contribution in [3.05, 3.63) is 57.1 Å². The number of pyridine rings is 1. The molecule has 34 heavy (non-hydrogen) atoms. The van der Waals surface area contributed by atoms with E-state index in [0.717, 1.165) is 30.3 Å². The molecule has 4 heterocycles. The van der Waals surface area contributed by atoms with Crippen molar-refractivity contribution < 1.29 is 14.3 Å². The van der Waals surface area contributed by atoms with Gasteiger partial charge in [-0.1, -0.05) is 0 Å². The highest BCUT2D eigenvalue weighted by Crippen LogP contribution is 2.28. The van der Waals surface area contributed by atoms with E-state index >= 15 is 0 Å². The zero-order chi connectivity index (χ0) is 24.6. The topological polar surface area (TPSA) is 111 Å². The normalized spacial score (nSPS) is 18.8. The van der Waals surface area contributed by atoms with Crippen molar-refractivity contribution >= 4 is 11.6 Å². The zero-order valence-electron chi connectivity index (χ0n) is 20.2. The molecule has 3 aromatic rings. The second kappa shape index (κ2) is 9.00. The van der Waals surface area contributed by atoms with E-state index < -0.39 is 16.9 Å². The van der Waals surface area contributed by atoms with E-state index in [1.165, 1.54) is 17.9 Å². The number of amides is 1. The van der Waals surface area contributed by atoms with Gasteiger partial charge in [0.25, 0.3) is 5.56 Å². The standard InChI is InChI=1S/C24H31N5O5/c1-15-10-16(6-8-27(15)23(32)34-24(2,3)4)11-17-7-9-29-18(12-17)19(13-25-29)28-14-20(33-5)21(30)26-22(28)31/h7,9,12-16H,6,8,10-11H2,1-5H3,(H,26,30,31)/t15-,16+/m0/s1. The van der Waals surface area contributed by atoms with Crippen molar-refractivity contribution in [3.63, 3.8) is 0 Å². The van der Waals surface area contributed by atoms with Crippen LogP contribution in [-0.4, -0.2) is 55.5 Å². The van der Waals surface area contributed by atoms with Crippen LogP contribution in [0.1, 0.15) is 46.1 Å². The van der Waals surface area contributed by atoms with Crippen LogP contribution in [0.2, 0.25) is 0 Å². The van der Waals surface area contributed by atoms with E-state index in [2.05, 4.69) is 17.0 Å². The molecular weight excluding hydrogens is 438 g/mol. The molecule has 1 N–H and O–H groups in total. The Bertz CT molecular complexity index is 1320. The largest absolute Gasteiger partial charge is 0.490 e. The number of carbonyl (C=O) groups excluding carboxylic acids is 1. The second-order valence-electron chi connectivity index (χ2n) is 9.84. The molecule has 1 fully saturated rings. The summed E-state index contributed by atoms with van der Waals surface area (Å²) in [6.07, 6.45) is 7.17. The molecule has 4 rings (SSSR count). The van der Waals surface area contributed by atoms with Crippen LogP contribution in [0.4, 0.5) is 4.79 Å². The molecule has 0 aromatic carbocycles. The third kappa shape index (κ3) is 4.85. The first-order valence-corrected chi connectivity index (χ1v) is 11.4. The summed E-state index contributed by atoms with van der Waals surface area (Å²) in [5.41, 5.74) is 0.760. The van der Waals surface area contributed by atoms with Crippen molar-refractivity contribution in [2.45, 2.75) is 58.6 Å². The van der Waals surface area contributed by atoms with Gasteiger partial charge in [-0.15, -0.1) is 0 Å². The average molecular weight is 470 g/mol. The Morgan fingerprint density at radius 3 is 2.74 bits per heavy atom. The van der Waals surface area contributed by atoms with Crippen molar-refractivity contribution in [2.24, 2.45) is 5.92 Å². The fourth-order valence-electron chi connectivity index (χ4n) is 4.48. The number of piperidine rings is 1. The van der Waals surface area contributed by atoms with Crippen molar-refractivity contribution in [1.29, 1.82) is 0 Å². The molecule has 182 valence electrons. The molecule has 0 unspecified atom stereocenters. The van der Waals surface area contributed by atoms with Gasteiger partial charge in [-0.05, 0) is 70.6 Å². The predicted octanol–water partition coefficient (Wildman–Crippen LogP) is 2.76. The van der Waals surface area contributed by atoms with Gasteiger partial charge in [0.1, 0.15) is 5.60 Å². The monoisotopic (exact) mass is 469 g/mol. The van der Waals surface area contributed by atoms with Gasteiger partial charge in [-0.25, -0.2) is 14.1 Å². The van der Waals surface area contributed by atoms with E-state index in [9.17, 15) is 14.4 Å². The van der Waals surface area contributed by atoms with E-state index in [4.69, 9.17) is 9.47 Å². The minimum absolute atomic E-state index is 0.0424. The lowest BCUT2D eigenvalue weighted by Gasteiger charge is -2.38. The number of ether oxygens (including phenoxy) is 2. The highest BCUT2D eigenvalue weighted by molar-refractivity contribution is 5.68. The second-order valence-corrected chi connectivity index (χ2v) is 9.84. The highest BCUT2D eigenvalue weighted by Gasteiger charge is 2.31. The van der Waals surface area contributed by atoms with Crippen LogP contribution < -0.4 is 16.0 Å². The molecule has 0 radical (unpaired) electrons. The maximum atomic E-state index is 12.5. The Labute approximate surface area is 197 Å². The first kappa shape index (κ1) is 23.6. The number of hydrogen-bond acceptors (Lipinski definition) is 6. The van der Waals surface area contributed by atoms with Gasteiger partial charge in [0, 0.05) is 18.8 Å². The van der Waals surface area contributed by atoms with E-state index in [1.54, 1.807) is 10.7 Å². The van der Waals surface area contributed by atoms with Crippen molar-refractivity contribution in [2.75, 3.05) is 13.7 Å². The molecule has 3 aromatic heterocycles. The molecule has 10 heteroatoms. The number of methoxy groups -OCH3 is 1. The average Bonchev–Trinajstić information content (AvgIpc) is 3.16. The van der Waals surface area contributed by atoms with Crippen LogP contribution in [0.25, 0.3) is 11.2 Å². The molecule has 10 nitrogen and oxygen atoms in total. The summed E-state index contributed by atoms with van der Waals surface area (Å²) < 4.78 is 13.6. The molecular formula is C24H31N5O5. The van der Waals surface area contributed by atoms with Crippen LogP contribution in [0.15, 0.2) is 40.3 Å². The van der Waals surface area contributed by atoms with Gasteiger partial charge >= 0.3 is 11.8 Å². The Balaban J connectivity index is 1.53. The first-order valence-electron chi connectivity index (χ1n) is 11.4.